The van der Waals surface area contributed by atoms with E-state index in [4.69, 9.17) is 0 Å². The van der Waals surface area contributed by atoms with E-state index < -0.39 is 5.97 Å². The summed E-state index contributed by atoms with van der Waals surface area (Å²) in [6, 6.07) is 0. The number of nitrogens with zero attached hydrogens (tertiary/aromatic N) is 1. The topological polar surface area (TPSA) is 87.7 Å². The fourth-order valence-electron chi connectivity index (χ4n) is 3.08. The lowest BCUT2D eigenvalue weighted by Gasteiger charge is -2.16. The van der Waals surface area contributed by atoms with E-state index in [1.165, 1.54) is 7.11 Å². The molecule has 0 rings (SSSR count). The van der Waals surface area contributed by atoms with Crippen LogP contribution in [0.3, 0.4) is 0 Å². The molecule has 0 atom stereocenters. The van der Waals surface area contributed by atoms with Crippen LogP contribution in [0.25, 0.3) is 0 Å². The van der Waals surface area contributed by atoms with Crippen molar-refractivity contribution in [2.45, 2.75) is 58.3 Å². The normalized spacial score (nSPS) is 12.5. The molecule has 0 saturated carbocycles. The van der Waals surface area contributed by atoms with Crippen LogP contribution in [0.4, 0.5) is 0 Å². The molecule has 0 aliphatic heterocycles. The Morgan fingerprint density at radius 2 is 1.13 bits per heavy atom. The molecular weight excluding hydrogens is 490 g/mol. The highest BCUT2D eigenvalue weighted by atomic mass is 16.5. The average Bonchev–Trinajstić information content (AvgIpc) is 2.92. The number of nitrogens with one attached hydrogen (secondary N) is 2. The van der Waals surface area contributed by atoms with Crippen molar-refractivity contribution in [2.24, 2.45) is 0 Å². The minimum atomic E-state index is -0.571. The van der Waals surface area contributed by atoms with E-state index in [2.05, 4.69) is 89.1 Å². The minimum Gasteiger partial charge on any atom is -0.466 e. The number of carbonyl (C=O) groups is 3. The van der Waals surface area contributed by atoms with E-state index in [0.717, 1.165) is 57.1 Å². The molecule has 0 spiro atoms. The van der Waals surface area contributed by atoms with Gasteiger partial charge in [-0.15, -0.1) is 0 Å². The average molecular weight is 540 g/mol. The number of rotatable bonds is 22. The van der Waals surface area contributed by atoms with E-state index in [9.17, 15) is 14.4 Å². The van der Waals surface area contributed by atoms with Gasteiger partial charge in [-0.3, -0.25) is 9.59 Å². The lowest BCUT2D eigenvalue weighted by Crippen LogP contribution is -2.37. The highest BCUT2D eigenvalue weighted by molar-refractivity contribution is 5.94. The molecule has 0 aromatic rings. The molecular formula is C32H49N3O4. The number of ether oxygens (including phenoxy) is 1. The number of likely N-dealkylation sites (N-methyl/N-ethyl adjacent to an activating group) is 1. The Kier molecular flexibility index (Phi) is 25.1. The van der Waals surface area contributed by atoms with Gasteiger partial charge in [0.05, 0.1) is 7.11 Å². The van der Waals surface area contributed by atoms with Gasteiger partial charge in [-0.25, -0.2) is 4.79 Å². The highest BCUT2D eigenvalue weighted by Crippen LogP contribution is 1.98. The maximum atomic E-state index is 12.0. The van der Waals surface area contributed by atoms with E-state index >= 15 is 0 Å². The Labute approximate surface area is 236 Å². The van der Waals surface area contributed by atoms with Gasteiger partial charge in [0.15, 0.2) is 0 Å². The number of esters is 1. The van der Waals surface area contributed by atoms with Crippen LogP contribution in [0.5, 0.6) is 0 Å². The molecule has 0 radical (unpaired) electrons. The third kappa shape index (κ3) is 27.4. The summed E-state index contributed by atoms with van der Waals surface area (Å²) >= 11 is 0. The first-order valence-corrected chi connectivity index (χ1v) is 13.9. The number of hydrogen-bond donors (Lipinski definition) is 2. The van der Waals surface area contributed by atoms with E-state index in [-0.39, 0.29) is 11.8 Å². The maximum Gasteiger partial charge on any atom is 0.330 e. The van der Waals surface area contributed by atoms with Gasteiger partial charge in [-0.2, -0.15) is 0 Å². The van der Waals surface area contributed by atoms with Crippen molar-refractivity contribution in [3.63, 3.8) is 0 Å². The molecule has 0 aromatic heterocycles. The summed E-state index contributed by atoms with van der Waals surface area (Å²) in [5.74, 6) is -0.889. The monoisotopic (exact) mass is 539 g/mol. The number of methoxy groups -OCH3 is 1. The fraction of sp³-hybridized carbons (Fsp3) is 0.469. The third-order valence-corrected chi connectivity index (χ3v) is 5.32. The van der Waals surface area contributed by atoms with E-state index in [1.54, 1.807) is 0 Å². The number of carbonyl (C=O) groups excluding carboxylic acids is 3. The van der Waals surface area contributed by atoms with Crippen LogP contribution >= 0.6 is 0 Å². The molecule has 0 saturated heterocycles. The van der Waals surface area contributed by atoms with Crippen molar-refractivity contribution >= 4 is 17.8 Å². The molecule has 2 amide bonds. The van der Waals surface area contributed by atoms with Crippen molar-refractivity contribution in [3.05, 3.63) is 85.1 Å². The molecule has 0 fully saturated rings. The summed E-state index contributed by atoms with van der Waals surface area (Å²) in [4.78, 5) is 36.5. The van der Waals surface area contributed by atoms with Crippen molar-refractivity contribution < 1.29 is 19.1 Å². The lowest BCUT2D eigenvalue weighted by molar-refractivity contribution is -0.135. The molecule has 2 N–H and O–H groups in total. The highest BCUT2D eigenvalue weighted by Gasteiger charge is 2.03. The fourth-order valence-corrected chi connectivity index (χ4v) is 3.08. The second-order valence-corrected chi connectivity index (χ2v) is 8.75. The molecule has 0 aliphatic rings. The Morgan fingerprint density at radius 1 is 0.667 bits per heavy atom. The van der Waals surface area contributed by atoms with Crippen LogP contribution in [0, 0.1) is 0 Å². The standard InChI is InChI=1S/C32H49N3O4/c1-4-5-6-7-8-9-10-11-12-13-14-15-16-17-18-19-20-21-22-23-30(36)33-26-28-35(2)29-27-34-31(37)24-25-32(38)39-3/h5-6,8-9,11-12,14-15,17-18,20-21,24-25H,4,7,10,13,16,19,22-23,26-29H2,1-3H3,(H,33,36)(H,34,37)/b6-5-,9-8-,12-11-,15-14-,18-17-,21-20-,25-24?. The largest absolute Gasteiger partial charge is 0.466 e. The summed E-state index contributed by atoms with van der Waals surface area (Å²) in [6.45, 7) is 4.45. The molecule has 0 heterocycles. The zero-order chi connectivity index (χ0) is 28.8. The predicted octanol–water partition coefficient (Wildman–Crippen LogP) is 5.36. The van der Waals surface area contributed by atoms with Crippen LogP contribution in [0.15, 0.2) is 85.1 Å². The third-order valence-electron chi connectivity index (χ3n) is 5.32. The molecule has 0 bridgehead atoms. The van der Waals surface area contributed by atoms with Crippen LogP contribution in [-0.4, -0.2) is 63.0 Å². The first-order valence-electron chi connectivity index (χ1n) is 13.9. The Bertz CT molecular complexity index is 867. The summed E-state index contributed by atoms with van der Waals surface area (Å²) < 4.78 is 4.43. The van der Waals surface area contributed by atoms with Gasteiger partial charge >= 0.3 is 5.97 Å². The van der Waals surface area contributed by atoms with E-state index in [1.807, 2.05) is 18.0 Å². The molecule has 0 aromatic carbocycles. The van der Waals surface area contributed by atoms with Gasteiger partial charge in [-0.1, -0.05) is 79.8 Å². The molecule has 7 nitrogen and oxygen atoms in total. The second-order valence-electron chi connectivity index (χ2n) is 8.75. The summed E-state index contributed by atoms with van der Waals surface area (Å²) in [6.07, 6.45) is 35.3. The van der Waals surface area contributed by atoms with Crippen molar-refractivity contribution in [2.75, 3.05) is 40.3 Å². The molecule has 0 unspecified atom stereocenters. The zero-order valence-electron chi connectivity index (χ0n) is 24.1. The molecule has 7 heteroatoms. The molecule has 216 valence electrons. The number of allylic oxidation sites excluding steroid dienone is 12. The van der Waals surface area contributed by atoms with Crippen LogP contribution in [0.1, 0.15) is 58.3 Å². The second kappa shape index (κ2) is 27.6. The van der Waals surface area contributed by atoms with Gasteiger partial charge in [0.25, 0.3) is 0 Å². The maximum absolute atomic E-state index is 12.0. The SMILES string of the molecule is CC/C=C\C/C=C\C/C=C\C/C=C\C/C=C\C/C=C\CCC(=O)NCCN(C)CCNC(=O)C=CC(=O)OC. The Hall–Kier alpha value is -3.45. The Morgan fingerprint density at radius 3 is 1.62 bits per heavy atom. The first kappa shape index (κ1) is 35.5. The van der Waals surface area contributed by atoms with E-state index in [0.29, 0.717) is 32.6 Å². The van der Waals surface area contributed by atoms with Gasteiger partial charge in [-0.05, 0) is 52.0 Å². The minimum absolute atomic E-state index is 0.0316. The van der Waals surface area contributed by atoms with Crippen molar-refractivity contribution in [3.8, 4) is 0 Å². The van der Waals surface area contributed by atoms with Gasteiger partial charge < -0.3 is 20.3 Å². The number of hydrogen-bond acceptors (Lipinski definition) is 5. The van der Waals surface area contributed by atoms with Crippen LogP contribution in [0.2, 0.25) is 0 Å². The smallest absolute Gasteiger partial charge is 0.330 e. The first-order chi connectivity index (χ1) is 19.0. The molecule has 39 heavy (non-hydrogen) atoms. The summed E-state index contributed by atoms with van der Waals surface area (Å²) in [5.41, 5.74) is 0. The van der Waals surface area contributed by atoms with Gasteiger partial charge in [0, 0.05) is 44.8 Å². The van der Waals surface area contributed by atoms with Crippen molar-refractivity contribution in [1.82, 2.24) is 15.5 Å². The van der Waals surface area contributed by atoms with Crippen LogP contribution in [-0.2, 0) is 19.1 Å². The lowest BCUT2D eigenvalue weighted by atomic mass is 10.2. The predicted molar refractivity (Wildman–Crippen MR) is 162 cm³/mol. The van der Waals surface area contributed by atoms with Gasteiger partial charge in [0.2, 0.25) is 11.8 Å². The Balaban J connectivity index is 3.70. The zero-order valence-corrected chi connectivity index (χ0v) is 24.1. The van der Waals surface area contributed by atoms with Crippen molar-refractivity contribution in [1.29, 1.82) is 0 Å². The van der Waals surface area contributed by atoms with Gasteiger partial charge in [0.1, 0.15) is 0 Å². The van der Waals surface area contributed by atoms with Crippen LogP contribution < -0.4 is 10.6 Å². The molecule has 0 aliphatic carbocycles. The number of amides is 2. The summed E-state index contributed by atoms with van der Waals surface area (Å²) in [5, 5.41) is 5.60. The quantitative estimate of drug-likeness (QED) is 0.110. The summed E-state index contributed by atoms with van der Waals surface area (Å²) in [7, 11) is 3.17.